The standard InChI is InChI=1S/C27H39N3O3/c1-19-14-29(2)25(13-22(19)20-8-6-4-5-7-9-20)28-23-11-10-21(12-24(23)32-3)26(31)30-15-27(16-30)17-33-18-27/h10-13,19-20,22,28H,4-9,14-18H2,1-3H3/t19-,22?/m0/s1. The Morgan fingerprint density at radius 1 is 1.15 bits per heavy atom. The first kappa shape index (κ1) is 22.6. The number of hydrogen-bond acceptors (Lipinski definition) is 5. The van der Waals surface area contributed by atoms with E-state index in [1.165, 1.54) is 38.5 Å². The fourth-order valence-electron chi connectivity index (χ4n) is 6.29. The van der Waals surface area contributed by atoms with Crippen LogP contribution in [0.3, 0.4) is 0 Å². The van der Waals surface area contributed by atoms with E-state index in [0.717, 1.165) is 50.3 Å². The average molecular weight is 454 g/mol. The van der Waals surface area contributed by atoms with Gasteiger partial charge in [0, 0.05) is 32.2 Å². The summed E-state index contributed by atoms with van der Waals surface area (Å²) in [5.74, 6) is 4.00. The third kappa shape index (κ3) is 4.46. The van der Waals surface area contributed by atoms with Gasteiger partial charge >= 0.3 is 0 Å². The number of likely N-dealkylation sites (tertiary alicyclic amines) is 1. The molecule has 1 aliphatic carbocycles. The SMILES string of the molecule is COc1cc(C(=O)N2CC3(COC3)C2)ccc1NC1=CC(C2CCCCCC2)[C@@H](C)CN1C. The van der Waals surface area contributed by atoms with E-state index in [0.29, 0.717) is 23.1 Å². The van der Waals surface area contributed by atoms with Gasteiger partial charge in [-0.2, -0.15) is 0 Å². The molecule has 1 aromatic rings. The Labute approximate surface area is 198 Å². The van der Waals surface area contributed by atoms with Gasteiger partial charge in [-0.25, -0.2) is 0 Å². The molecule has 1 N–H and O–H groups in total. The number of rotatable bonds is 5. The molecule has 1 saturated carbocycles. The van der Waals surface area contributed by atoms with Crippen LogP contribution < -0.4 is 10.1 Å². The van der Waals surface area contributed by atoms with Crippen molar-refractivity contribution in [3.05, 3.63) is 35.7 Å². The third-order valence-electron chi connectivity index (χ3n) is 8.29. The lowest BCUT2D eigenvalue weighted by atomic mass is 9.76. The van der Waals surface area contributed by atoms with Crippen LogP contribution in [-0.4, -0.2) is 62.7 Å². The summed E-state index contributed by atoms with van der Waals surface area (Å²) in [5, 5.41) is 3.63. The molecule has 180 valence electrons. The van der Waals surface area contributed by atoms with Gasteiger partial charge in [0.1, 0.15) is 11.6 Å². The molecule has 33 heavy (non-hydrogen) atoms. The van der Waals surface area contributed by atoms with Crippen molar-refractivity contribution in [3.8, 4) is 5.75 Å². The highest BCUT2D eigenvalue weighted by molar-refractivity contribution is 5.96. The maximum atomic E-state index is 12.9. The fraction of sp³-hybridized carbons (Fsp3) is 0.667. The number of nitrogens with zero attached hydrogens (tertiary/aromatic N) is 2. The summed E-state index contributed by atoms with van der Waals surface area (Å²) in [7, 11) is 3.83. The normalized spacial score (nSPS) is 27.3. The third-order valence-corrected chi connectivity index (χ3v) is 8.29. The van der Waals surface area contributed by atoms with Crippen molar-refractivity contribution in [3.63, 3.8) is 0 Å². The first-order valence-electron chi connectivity index (χ1n) is 12.7. The second-order valence-corrected chi connectivity index (χ2v) is 10.9. The van der Waals surface area contributed by atoms with Gasteiger partial charge < -0.3 is 24.6 Å². The van der Waals surface area contributed by atoms with Crippen LogP contribution in [0.1, 0.15) is 55.8 Å². The molecule has 1 aromatic carbocycles. The highest BCUT2D eigenvalue weighted by Crippen LogP contribution is 2.40. The Bertz CT molecular complexity index is 894. The van der Waals surface area contributed by atoms with Crippen molar-refractivity contribution in [1.82, 2.24) is 9.80 Å². The molecular weight excluding hydrogens is 414 g/mol. The Balaban J connectivity index is 1.31. The molecule has 4 aliphatic rings. The van der Waals surface area contributed by atoms with E-state index in [2.05, 4.69) is 30.3 Å². The van der Waals surface area contributed by atoms with Gasteiger partial charge in [0.25, 0.3) is 5.91 Å². The molecule has 6 heteroatoms. The van der Waals surface area contributed by atoms with Crippen molar-refractivity contribution in [2.75, 3.05) is 52.3 Å². The van der Waals surface area contributed by atoms with Crippen molar-refractivity contribution < 1.29 is 14.3 Å². The molecular formula is C27H39N3O3. The monoisotopic (exact) mass is 453 g/mol. The van der Waals surface area contributed by atoms with Gasteiger partial charge in [-0.3, -0.25) is 4.79 Å². The van der Waals surface area contributed by atoms with Crippen molar-refractivity contribution in [1.29, 1.82) is 0 Å². The second-order valence-electron chi connectivity index (χ2n) is 10.9. The van der Waals surface area contributed by atoms with Crippen molar-refractivity contribution >= 4 is 11.6 Å². The number of anilines is 1. The number of methoxy groups -OCH3 is 1. The van der Waals surface area contributed by atoms with Gasteiger partial charge in [-0.15, -0.1) is 0 Å². The van der Waals surface area contributed by atoms with Crippen molar-refractivity contribution in [2.45, 2.75) is 45.4 Å². The number of benzene rings is 1. The zero-order valence-corrected chi connectivity index (χ0v) is 20.4. The lowest BCUT2D eigenvalue weighted by molar-refractivity contribution is -0.176. The van der Waals surface area contributed by atoms with Gasteiger partial charge in [-0.1, -0.05) is 32.6 Å². The molecule has 5 rings (SSSR count). The highest BCUT2D eigenvalue weighted by atomic mass is 16.5. The molecule has 3 aliphatic heterocycles. The number of hydrogen-bond donors (Lipinski definition) is 1. The van der Waals surface area contributed by atoms with Gasteiger partial charge in [-0.05, 0) is 54.9 Å². The molecule has 1 spiro atoms. The molecule has 1 unspecified atom stereocenters. The molecule has 6 nitrogen and oxygen atoms in total. The first-order chi connectivity index (χ1) is 16.0. The van der Waals surface area contributed by atoms with E-state index in [1.54, 1.807) is 7.11 Å². The molecule has 0 bridgehead atoms. The predicted molar refractivity (Wildman–Crippen MR) is 130 cm³/mol. The van der Waals surface area contributed by atoms with Crippen LogP contribution in [0.5, 0.6) is 5.75 Å². The lowest BCUT2D eigenvalue weighted by Gasteiger charge is -2.54. The smallest absolute Gasteiger partial charge is 0.254 e. The quantitative estimate of drug-likeness (QED) is 0.661. The summed E-state index contributed by atoms with van der Waals surface area (Å²) in [6, 6.07) is 5.79. The Morgan fingerprint density at radius 3 is 2.52 bits per heavy atom. The molecule has 2 saturated heterocycles. The van der Waals surface area contributed by atoms with Crippen LogP contribution in [0.4, 0.5) is 5.69 Å². The number of allylic oxidation sites excluding steroid dienone is 1. The van der Waals surface area contributed by atoms with E-state index in [-0.39, 0.29) is 11.3 Å². The number of amides is 1. The molecule has 1 amide bonds. The highest BCUT2D eigenvalue weighted by Gasteiger charge is 2.50. The maximum absolute atomic E-state index is 12.9. The van der Waals surface area contributed by atoms with Crippen LogP contribution in [-0.2, 0) is 4.74 Å². The van der Waals surface area contributed by atoms with Gasteiger partial charge in [0.2, 0.25) is 0 Å². The van der Waals surface area contributed by atoms with Crippen molar-refractivity contribution in [2.24, 2.45) is 23.2 Å². The largest absolute Gasteiger partial charge is 0.495 e. The Kier molecular flexibility index (Phi) is 6.30. The summed E-state index contributed by atoms with van der Waals surface area (Å²) < 4.78 is 11.0. The molecule has 3 fully saturated rings. The van der Waals surface area contributed by atoms with Crippen LogP contribution in [0.15, 0.2) is 30.1 Å². The summed E-state index contributed by atoms with van der Waals surface area (Å²) in [4.78, 5) is 17.2. The molecule has 0 aromatic heterocycles. The maximum Gasteiger partial charge on any atom is 0.254 e. The average Bonchev–Trinajstić information content (AvgIpc) is 3.03. The lowest BCUT2D eigenvalue weighted by Crippen LogP contribution is -2.67. The molecule has 0 radical (unpaired) electrons. The fourth-order valence-corrected chi connectivity index (χ4v) is 6.29. The summed E-state index contributed by atoms with van der Waals surface area (Å²) in [6.45, 7) is 6.62. The number of ether oxygens (including phenoxy) is 2. The van der Waals surface area contributed by atoms with E-state index in [4.69, 9.17) is 9.47 Å². The van der Waals surface area contributed by atoms with Crippen LogP contribution in [0, 0.1) is 23.2 Å². The Morgan fingerprint density at radius 2 is 1.88 bits per heavy atom. The van der Waals surface area contributed by atoms with Crippen LogP contribution in [0.25, 0.3) is 0 Å². The summed E-state index contributed by atoms with van der Waals surface area (Å²) in [5.41, 5.74) is 1.82. The van der Waals surface area contributed by atoms with E-state index in [1.807, 2.05) is 23.1 Å². The number of nitrogens with one attached hydrogen (secondary N) is 1. The van der Waals surface area contributed by atoms with Gasteiger partial charge in [0.15, 0.2) is 0 Å². The van der Waals surface area contributed by atoms with E-state index in [9.17, 15) is 4.79 Å². The minimum Gasteiger partial charge on any atom is -0.495 e. The zero-order chi connectivity index (χ0) is 23.0. The Hall–Kier alpha value is -2.21. The number of carbonyl (C=O) groups excluding carboxylic acids is 1. The van der Waals surface area contributed by atoms with Crippen LogP contribution in [0.2, 0.25) is 0 Å². The second kappa shape index (κ2) is 9.21. The number of carbonyl (C=O) groups is 1. The molecule has 3 heterocycles. The predicted octanol–water partition coefficient (Wildman–Crippen LogP) is 4.59. The zero-order valence-electron chi connectivity index (χ0n) is 20.4. The first-order valence-corrected chi connectivity index (χ1v) is 12.7. The summed E-state index contributed by atoms with van der Waals surface area (Å²) in [6.07, 6.45) is 10.7. The molecule has 2 atom stereocenters. The summed E-state index contributed by atoms with van der Waals surface area (Å²) >= 11 is 0. The van der Waals surface area contributed by atoms with Gasteiger partial charge in [0.05, 0.1) is 31.4 Å². The minimum absolute atomic E-state index is 0.0774. The van der Waals surface area contributed by atoms with Crippen LogP contribution >= 0.6 is 0 Å². The van der Waals surface area contributed by atoms with E-state index < -0.39 is 0 Å². The van der Waals surface area contributed by atoms with E-state index >= 15 is 0 Å². The minimum atomic E-state index is 0.0774. The topological polar surface area (TPSA) is 54.0 Å².